The molecule has 3 aliphatic rings. The number of carbonyl (C=O) groups is 1. The van der Waals surface area contributed by atoms with Crippen LogP contribution in [0.25, 0.3) is 0 Å². The van der Waals surface area contributed by atoms with Gasteiger partial charge in [-0.3, -0.25) is 0 Å². The number of fused-ring (bicyclic) bond motifs is 4. The van der Waals surface area contributed by atoms with E-state index in [0.717, 1.165) is 46.1 Å². The molecule has 3 aliphatic heterocycles. The summed E-state index contributed by atoms with van der Waals surface area (Å²) >= 11 is 0. The summed E-state index contributed by atoms with van der Waals surface area (Å²) < 4.78 is 22.6. The number of benzene rings is 3. The van der Waals surface area contributed by atoms with Gasteiger partial charge in [0.25, 0.3) is 0 Å². The number of esters is 1. The predicted octanol–water partition coefficient (Wildman–Crippen LogP) is 4.49. The molecular formula is C26H22N2O5. The Morgan fingerprint density at radius 3 is 2.58 bits per heavy atom. The van der Waals surface area contributed by atoms with Gasteiger partial charge in [0, 0.05) is 23.1 Å². The largest absolute Gasteiger partial charge is 0.486 e. The predicted molar refractivity (Wildman–Crippen MR) is 121 cm³/mol. The van der Waals surface area contributed by atoms with Crippen LogP contribution in [0, 0.1) is 0 Å². The smallest absolute Gasteiger partial charge is 0.337 e. The van der Waals surface area contributed by atoms with Crippen LogP contribution in [-0.4, -0.2) is 37.0 Å². The van der Waals surface area contributed by atoms with Crippen molar-refractivity contribution < 1.29 is 23.7 Å². The monoisotopic (exact) mass is 442 g/mol. The van der Waals surface area contributed by atoms with Crippen LogP contribution in [0.2, 0.25) is 0 Å². The van der Waals surface area contributed by atoms with Crippen LogP contribution in [0.1, 0.15) is 45.7 Å². The second-order valence-electron chi connectivity index (χ2n) is 8.13. The Bertz CT molecular complexity index is 1250. The third-order valence-electron chi connectivity index (χ3n) is 6.19. The molecule has 3 aromatic carbocycles. The van der Waals surface area contributed by atoms with Crippen molar-refractivity contribution in [2.24, 2.45) is 5.10 Å². The molecule has 0 spiro atoms. The van der Waals surface area contributed by atoms with Crippen molar-refractivity contribution in [2.45, 2.75) is 18.7 Å². The number of rotatable bonds is 3. The van der Waals surface area contributed by atoms with Gasteiger partial charge in [-0.1, -0.05) is 30.3 Å². The molecule has 0 aliphatic carbocycles. The first-order valence-corrected chi connectivity index (χ1v) is 10.9. The van der Waals surface area contributed by atoms with Gasteiger partial charge in [0.05, 0.1) is 24.4 Å². The van der Waals surface area contributed by atoms with Gasteiger partial charge < -0.3 is 18.9 Å². The van der Waals surface area contributed by atoms with Gasteiger partial charge >= 0.3 is 5.97 Å². The summed E-state index contributed by atoms with van der Waals surface area (Å²) in [5.74, 6) is 1.99. The van der Waals surface area contributed by atoms with Crippen molar-refractivity contribution in [3.63, 3.8) is 0 Å². The average molecular weight is 442 g/mol. The van der Waals surface area contributed by atoms with E-state index in [-0.39, 0.29) is 12.0 Å². The molecule has 33 heavy (non-hydrogen) atoms. The van der Waals surface area contributed by atoms with Crippen LogP contribution < -0.4 is 14.2 Å². The number of carbonyl (C=O) groups excluding carboxylic acids is 1. The standard InChI is InChI=1S/C26H22N2O5/c1-30-26(29)17-8-6-16(7-9-17)25-28-21(19-4-2-3-5-22(19)33-25)15-20(27-28)18-10-11-23-24(14-18)32-13-12-31-23/h2-11,14,21,25H,12-13,15H2,1H3. The molecule has 7 nitrogen and oxygen atoms in total. The molecule has 0 saturated heterocycles. The van der Waals surface area contributed by atoms with E-state index in [1.807, 2.05) is 53.5 Å². The van der Waals surface area contributed by atoms with E-state index in [1.165, 1.54) is 7.11 Å². The Labute approximate surface area is 191 Å². The molecule has 0 radical (unpaired) electrons. The van der Waals surface area contributed by atoms with E-state index in [1.54, 1.807) is 12.1 Å². The SMILES string of the molecule is COC(=O)c1ccc(C2Oc3ccccc3C3CC(c4ccc5c(c4)OCCO5)=NN32)cc1. The van der Waals surface area contributed by atoms with Crippen LogP contribution in [0.4, 0.5) is 0 Å². The van der Waals surface area contributed by atoms with Gasteiger partial charge in [-0.15, -0.1) is 0 Å². The quantitative estimate of drug-likeness (QED) is 0.557. The minimum atomic E-state index is -0.411. The number of hydrazone groups is 1. The number of nitrogens with zero attached hydrogens (tertiary/aromatic N) is 2. The van der Waals surface area contributed by atoms with E-state index in [4.69, 9.17) is 24.0 Å². The zero-order valence-electron chi connectivity index (χ0n) is 18.1. The molecular weight excluding hydrogens is 420 g/mol. The minimum Gasteiger partial charge on any atom is -0.486 e. The third kappa shape index (κ3) is 3.36. The van der Waals surface area contributed by atoms with E-state index in [9.17, 15) is 4.79 Å². The van der Waals surface area contributed by atoms with Gasteiger partial charge in [0.1, 0.15) is 19.0 Å². The first-order chi connectivity index (χ1) is 16.2. The Hall–Kier alpha value is -4.00. The van der Waals surface area contributed by atoms with Gasteiger partial charge in [0.15, 0.2) is 11.5 Å². The fourth-order valence-corrected chi connectivity index (χ4v) is 4.55. The lowest BCUT2D eigenvalue weighted by atomic mass is 9.95. The molecule has 6 rings (SSSR count). The summed E-state index contributed by atoms with van der Waals surface area (Å²) in [4.78, 5) is 11.8. The molecule has 0 aromatic heterocycles. The van der Waals surface area contributed by atoms with Crippen molar-refractivity contribution in [1.29, 1.82) is 0 Å². The summed E-state index contributed by atoms with van der Waals surface area (Å²) in [6.45, 7) is 1.11. The lowest BCUT2D eigenvalue weighted by Crippen LogP contribution is -2.33. The molecule has 0 saturated carbocycles. The van der Waals surface area contributed by atoms with Crippen molar-refractivity contribution in [2.75, 3.05) is 20.3 Å². The Balaban J connectivity index is 1.38. The molecule has 0 amide bonds. The molecule has 0 N–H and O–H groups in total. The fraction of sp³-hybridized carbons (Fsp3) is 0.231. The van der Waals surface area contributed by atoms with Crippen LogP contribution in [0.3, 0.4) is 0 Å². The van der Waals surface area contributed by atoms with Crippen LogP contribution in [-0.2, 0) is 4.74 Å². The molecule has 0 bridgehead atoms. The second kappa shape index (κ2) is 7.85. The number of ether oxygens (including phenoxy) is 4. The summed E-state index contributed by atoms with van der Waals surface area (Å²) in [6, 6.07) is 21.4. The van der Waals surface area contributed by atoms with Gasteiger partial charge in [-0.25, -0.2) is 9.80 Å². The fourth-order valence-electron chi connectivity index (χ4n) is 4.55. The Morgan fingerprint density at radius 1 is 0.970 bits per heavy atom. The zero-order chi connectivity index (χ0) is 22.4. The van der Waals surface area contributed by atoms with E-state index in [0.29, 0.717) is 18.8 Å². The van der Waals surface area contributed by atoms with Crippen molar-refractivity contribution in [3.8, 4) is 17.2 Å². The van der Waals surface area contributed by atoms with Gasteiger partial charge in [0.2, 0.25) is 6.23 Å². The van der Waals surface area contributed by atoms with Gasteiger partial charge in [-0.2, -0.15) is 5.10 Å². The maximum Gasteiger partial charge on any atom is 0.337 e. The number of para-hydroxylation sites is 1. The second-order valence-corrected chi connectivity index (χ2v) is 8.13. The molecule has 166 valence electrons. The van der Waals surface area contributed by atoms with Gasteiger partial charge in [-0.05, 0) is 36.4 Å². The maximum atomic E-state index is 11.8. The molecule has 3 aromatic rings. The van der Waals surface area contributed by atoms with E-state index >= 15 is 0 Å². The highest BCUT2D eigenvalue weighted by atomic mass is 16.6. The molecule has 7 heteroatoms. The summed E-state index contributed by atoms with van der Waals surface area (Å²) in [7, 11) is 1.38. The topological polar surface area (TPSA) is 69.6 Å². The van der Waals surface area contributed by atoms with E-state index < -0.39 is 6.23 Å². The third-order valence-corrected chi connectivity index (χ3v) is 6.19. The maximum absolute atomic E-state index is 11.8. The minimum absolute atomic E-state index is 0.0448. The summed E-state index contributed by atoms with van der Waals surface area (Å²) in [6.07, 6.45) is 0.336. The zero-order valence-corrected chi connectivity index (χ0v) is 18.1. The number of hydrogen-bond acceptors (Lipinski definition) is 7. The lowest BCUT2D eigenvalue weighted by molar-refractivity contribution is -0.0190. The normalized spacial score (nSPS) is 20.3. The van der Waals surface area contributed by atoms with Crippen LogP contribution >= 0.6 is 0 Å². The Morgan fingerprint density at radius 2 is 1.76 bits per heavy atom. The molecule has 2 atom stereocenters. The van der Waals surface area contributed by atoms with Crippen molar-refractivity contribution in [3.05, 3.63) is 89.0 Å². The lowest BCUT2D eigenvalue weighted by Gasteiger charge is -2.38. The molecule has 2 unspecified atom stereocenters. The van der Waals surface area contributed by atoms with E-state index in [2.05, 4.69) is 6.07 Å². The molecule has 3 heterocycles. The number of hydrogen-bond donors (Lipinski definition) is 0. The average Bonchev–Trinajstić information content (AvgIpc) is 3.33. The number of methoxy groups -OCH3 is 1. The highest BCUT2D eigenvalue weighted by molar-refractivity contribution is 6.02. The van der Waals surface area contributed by atoms with Crippen LogP contribution in [0.5, 0.6) is 17.2 Å². The molecule has 0 fully saturated rings. The Kier molecular flexibility index (Phi) is 4.68. The highest BCUT2D eigenvalue weighted by Crippen LogP contribution is 2.47. The van der Waals surface area contributed by atoms with Crippen molar-refractivity contribution >= 4 is 11.7 Å². The first kappa shape index (κ1) is 19.7. The highest BCUT2D eigenvalue weighted by Gasteiger charge is 2.41. The summed E-state index contributed by atoms with van der Waals surface area (Å²) in [5, 5.41) is 7.01. The van der Waals surface area contributed by atoms with Crippen molar-refractivity contribution in [1.82, 2.24) is 5.01 Å². The first-order valence-electron chi connectivity index (χ1n) is 10.9. The van der Waals surface area contributed by atoms with Crippen LogP contribution in [0.15, 0.2) is 71.8 Å². The summed E-state index contributed by atoms with van der Waals surface area (Å²) in [5.41, 5.74) is 4.49.